The molecule has 0 heterocycles. The summed E-state index contributed by atoms with van der Waals surface area (Å²) >= 11 is 3.57. The van der Waals surface area contributed by atoms with Gasteiger partial charge in [-0.3, -0.25) is 0 Å². The van der Waals surface area contributed by atoms with Gasteiger partial charge in [0, 0.05) is 0 Å². The zero-order valence-corrected chi connectivity index (χ0v) is 14.6. The van der Waals surface area contributed by atoms with E-state index < -0.39 is 5.81 Å². The van der Waals surface area contributed by atoms with Crippen molar-refractivity contribution in [1.82, 2.24) is 9.34 Å². The van der Waals surface area contributed by atoms with Crippen LogP contribution in [0.4, 0.5) is 0 Å². The van der Waals surface area contributed by atoms with Crippen molar-refractivity contribution in [1.29, 1.82) is 0 Å². The summed E-state index contributed by atoms with van der Waals surface area (Å²) < 4.78 is 5.19. The first-order valence-corrected chi connectivity index (χ1v) is 10.7. The molecule has 0 saturated carbocycles. The second-order valence-corrected chi connectivity index (χ2v) is 10.1. The Morgan fingerprint density at radius 2 is 1.22 bits per heavy atom. The van der Waals surface area contributed by atoms with E-state index >= 15 is 0 Å². The fraction of sp³-hybridized carbons (Fsp3) is 0.571. The van der Waals surface area contributed by atoms with Crippen LogP contribution in [0.2, 0.25) is 0 Å². The van der Waals surface area contributed by atoms with E-state index in [-0.39, 0.29) is 0 Å². The summed E-state index contributed by atoms with van der Waals surface area (Å²) in [4.78, 5) is 0. The van der Waals surface area contributed by atoms with Gasteiger partial charge in [-0.2, -0.15) is 0 Å². The summed E-state index contributed by atoms with van der Waals surface area (Å²) in [6.07, 6.45) is 0. The monoisotopic (exact) mass is 332 g/mol. The molecule has 0 fully saturated rings. The topological polar surface area (TPSA) is 6.48 Å². The molecule has 2 nitrogen and oxygen atoms in total. The third kappa shape index (κ3) is 3.15. The Bertz CT molecular complexity index is 370. The summed E-state index contributed by atoms with van der Waals surface area (Å²) in [5.41, 5.74) is 0. The quantitative estimate of drug-likeness (QED) is 0.560. The zero-order chi connectivity index (χ0) is 13.6. The molecule has 0 aliphatic carbocycles. The van der Waals surface area contributed by atoms with Gasteiger partial charge in [-0.15, -0.1) is 0 Å². The van der Waals surface area contributed by atoms with Gasteiger partial charge in [0.2, 0.25) is 0 Å². The normalized spacial score (nSPS) is 12.3. The number of hydrogen-bond acceptors (Lipinski definition) is 2. The van der Waals surface area contributed by atoms with Gasteiger partial charge in [0.15, 0.2) is 0 Å². The Kier molecular flexibility index (Phi) is 6.84. The Morgan fingerprint density at radius 3 is 1.56 bits per heavy atom. The first kappa shape index (κ1) is 16.1. The SMILES string of the molecule is CCN(CC)P(=[Se])(c1ccccc1)N(CC)CC. The van der Waals surface area contributed by atoms with Gasteiger partial charge in [-0.05, 0) is 0 Å². The van der Waals surface area contributed by atoms with Gasteiger partial charge in [-0.25, -0.2) is 0 Å². The van der Waals surface area contributed by atoms with E-state index in [2.05, 4.69) is 82.5 Å². The molecule has 0 spiro atoms. The molecule has 102 valence electrons. The fourth-order valence-electron chi connectivity index (χ4n) is 2.34. The second kappa shape index (κ2) is 7.62. The average molecular weight is 331 g/mol. The van der Waals surface area contributed by atoms with Crippen molar-refractivity contribution in [2.45, 2.75) is 27.7 Å². The standard InChI is InChI=1S/C14H25N2PSe/c1-5-15(6-2)17(18,16(7-3)8-4)14-12-10-9-11-13-14/h9-13H,5-8H2,1-4H3. The fourth-order valence-corrected chi connectivity index (χ4v) is 9.12. The van der Waals surface area contributed by atoms with Crippen LogP contribution in [0.3, 0.4) is 0 Å². The van der Waals surface area contributed by atoms with Crippen LogP contribution >= 0.6 is 5.81 Å². The van der Waals surface area contributed by atoms with Crippen LogP contribution in [-0.4, -0.2) is 50.6 Å². The van der Waals surface area contributed by atoms with E-state index in [0.29, 0.717) is 0 Å². The molecule has 1 aromatic carbocycles. The minimum atomic E-state index is -1.50. The molecular formula is C14H25N2PSe. The van der Waals surface area contributed by atoms with Crippen molar-refractivity contribution in [3.05, 3.63) is 30.3 Å². The van der Waals surface area contributed by atoms with Crippen LogP contribution < -0.4 is 5.30 Å². The summed E-state index contributed by atoms with van der Waals surface area (Å²) in [5.74, 6) is -1.50. The van der Waals surface area contributed by atoms with Crippen molar-refractivity contribution >= 4 is 26.2 Å². The summed E-state index contributed by atoms with van der Waals surface area (Å²) in [6.45, 7) is 13.4. The zero-order valence-electron chi connectivity index (χ0n) is 12.0. The molecule has 1 rings (SSSR count). The molecule has 0 aliphatic heterocycles. The van der Waals surface area contributed by atoms with Crippen molar-refractivity contribution in [2.24, 2.45) is 0 Å². The van der Waals surface area contributed by atoms with Crippen LogP contribution in [0.15, 0.2) is 30.3 Å². The van der Waals surface area contributed by atoms with Gasteiger partial charge >= 0.3 is 120 Å². The maximum absolute atomic E-state index is 3.57. The molecule has 18 heavy (non-hydrogen) atoms. The Hall–Kier alpha value is 0.0895. The predicted molar refractivity (Wildman–Crippen MR) is 84.6 cm³/mol. The maximum atomic E-state index is 3.57. The van der Waals surface area contributed by atoms with Gasteiger partial charge in [-0.1, -0.05) is 0 Å². The molecule has 0 unspecified atom stereocenters. The molecule has 0 radical (unpaired) electrons. The molecule has 0 saturated heterocycles. The Morgan fingerprint density at radius 1 is 0.833 bits per heavy atom. The minimum absolute atomic E-state index is 1.09. The molecule has 0 amide bonds. The summed E-state index contributed by atoms with van der Waals surface area (Å²) in [7, 11) is 0. The van der Waals surface area contributed by atoms with E-state index in [1.807, 2.05) is 0 Å². The van der Waals surface area contributed by atoms with Gasteiger partial charge < -0.3 is 0 Å². The van der Waals surface area contributed by atoms with Gasteiger partial charge in [0.25, 0.3) is 0 Å². The molecule has 0 aliphatic rings. The van der Waals surface area contributed by atoms with E-state index in [1.165, 1.54) is 5.30 Å². The van der Waals surface area contributed by atoms with Crippen molar-refractivity contribution in [3.8, 4) is 0 Å². The molecule has 4 heteroatoms. The van der Waals surface area contributed by atoms with Crippen molar-refractivity contribution in [2.75, 3.05) is 26.2 Å². The van der Waals surface area contributed by atoms with Crippen molar-refractivity contribution in [3.63, 3.8) is 0 Å². The van der Waals surface area contributed by atoms with Crippen LogP contribution in [-0.2, 0) is 0 Å². The summed E-state index contributed by atoms with van der Waals surface area (Å²) in [5, 5.41) is 1.44. The predicted octanol–water partition coefficient (Wildman–Crippen LogP) is 2.93. The van der Waals surface area contributed by atoms with Crippen LogP contribution in [0.1, 0.15) is 27.7 Å². The number of benzene rings is 1. The average Bonchev–Trinajstić information content (AvgIpc) is 2.42. The van der Waals surface area contributed by atoms with Crippen molar-refractivity contribution < 1.29 is 0 Å². The number of nitrogens with zero attached hydrogens (tertiary/aromatic N) is 2. The molecule has 0 aromatic heterocycles. The van der Waals surface area contributed by atoms with Crippen LogP contribution in [0.5, 0.6) is 0 Å². The third-order valence-corrected chi connectivity index (χ3v) is 11.2. The molecule has 0 atom stereocenters. The Balaban J connectivity index is 3.29. The van der Waals surface area contributed by atoms with E-state index in [9.17, 15) is 0 Å². The first-order chi connectivity index (χ1) is 8.64. The molecular weight excluding hydrogens is 306 g/mol. The number of rotatable bonds is 7. The van der Waals surface area contributed by atoms with Crippen LogP contribution in [0, 0.1) is 0 Å². The molecule has 0 bridgehead atoms. The van der Waals surface area contributed by atoms with Gasteiger partial charge in [0.1, 0.15) is 0 Å². The van der Waals surface area contributed by atoms with E-state index in [4.69, 9.17) is 0 Å². The molecule has 0 N–H and O–H groups in total. The number of hydrogen-bond donors (Lipinski definition) is 0. The molecule has 1 aromatic rings. The Labute approximate surface area is 120 Å². The summed E-state index contributed by atoms with van der Waals surface area (Å²) in [6, 6.07) is 10.9. The van der Waals surface area contributed by atoms with E-state index in [0.717, 1.165) is 26.2 Å². The van der Waals surface area contributed by atoms with Gasteiger partial charge in [0.05, 0.1) is 0 Å². The third-order valence-electron chi connectivity index (χ3n) is 3.32. The van der Waals surface area contributed by atoms with E-state index in [1.54, 1.807) is 0 Å². The second-order valence-electron chi connectivity index (χ2n) is 4.16. The first-order valence-electron chi connectivity index (χ1n) is 6.81. The van der Waals surface area contributed by atoms with Crippen LogP contribution in [0.25, 0.3) is 0 Å².